The lowest BCUT2D eigenvalue weighted by Gasteiger charge is -2.21. The third-order valence-electron chi connectivity index (χ3n) is 2.90. The molecule has 0 aliphatic carbocycles. The van der Waals surface area contributed by atoms with E-state index in [1.165, 1.54) is 6.07 Å². The molecule has 2 aromatic rings. The number of likely N-dealkylation sites (N-methyl/N-ethyl adjacent to an activating group) is 1. The second kappa shape index (κ2) is 7.59. The molecule has 0 aliphatic heterocycles. The van der Waals surface area contributed by atoms with Crippen molar-refractivity contribution in [3.05, 3.63) is 60.4 Å². The third kappa shape index (κ3) is 4.72. The summed E-state index contributed by atoms with van der Waals surface area (Å²) in [6.45, 7) is 1.11. The number of nitrogens with zero attached hydrogens (tertiary/aromatic N) is 1. The van der Waals surface area contributed by atoms with Crippen LogP contribution in [0.15, 0.2) is 54.6 Å². The number of hydrogen-bond donors (Lipinski definition) is 1. The van der Waals surface area contributed by atoms with Gasteiger partial charge < -0.3 is 15.0 Å². The Balaban J connectivity index is 1.79. The van der Waals surface area contributed by atoms with E-state index in [-0.39, 0.29) is 5.82 Å². The first-order chi connectivity index (χ1) is 10.2. The first-order valence-corrected chi connectivity index (χ1v) is 7.02. The molecule has 0 saturated carbocycles. The molecule has 3 nitrogen and oxygen atoms in total. The van der Waals surface area contributed by atoms with Gasteiger partial charge in [-0.25, -0.2) is 4.39 Å². The van der Waals surface area contributed by atoms with Crippen LogP contribution in [0, 0.1) is 5.82 Å². The van der Waals surface area contributed by atoms with E-state index in [9.17, 15) is 4.39 Å². The van der Waals surface area contributed by atoms with Crippen molar-refractivity contribution in [1.82, 2.24) is 4.90 Å². The molecular formula is C16H17FN2OS. The number of halogens is 1. The Kier molecular flexibility index (Phi) is 5.51. The molecule has 0 radical (unpaired) electrons. The molecule has 0 saturated heterocycles. The van der Waals surface area contributed by atoms with E-state index in [0.717, 1.165) is 5.75 Å². The van der Waals surface area contributed by atoms with E-state index in [2.05, 4.69) is 5.32 Å². The second-order valence-corrected chi connectivity index (χ2v) is 4.88. The molecule has 0 aromatic heterocycles. The highest BCUT2D eigenvalue weighted by Gasteiger charge is 2.07. The van der Waals surface area contributed by atoms with Gasteiger partial charge in [-0.3, -0.25) is 0 Å². The summed E-state index contributed by atoms with van der Waals surface area (Å²) >= 11 is 5.24. The maximum absolute atomic E-state index is 13.5. The molecule has 2 aromatic carbocycles. The lowest BCUT2D eigenvalue weighted by molar-refractivity contribution is 0.285. The summed E-state index contributed by atoms with van der Waals surface area (Å²) in [6, 6.07) is 16.0. The van der Waals surface area contributed by atoms with Crippen LogP contribution in [0.2, 0.25) is 0 Å². The van der Waals surface area contributed by atoms with Gasteiger partial charge in [0.05, 0.1) is 12.2 Å². The zero-order valence-electron chi connectivity index (χ0n) is 11.8. The van der Waals surface area contributed by atoms with Gasteiger partial charge in [-0.15, -0.1) is 0 Å². The summed E-state index contributed by atoms with van der Waals surface area (Å²) in [5.74, 6) is 0.493. The van der Waals surface area contributed by atoms with Gasteiger partial charge >= 0.3 is 0 Å². The van der Waals surface area contributed by atoms with Crippen molar-refractivity contribution in [2.24, 2.45) is 0 Å². The Hall–Kier alpha value is -2.14. The van der Waals surface area contributed by atoms with Gasteiger partial charge in [0.1, 0.15) is 18.2 Å². The van der Waals surface area contributed by atoms with Crippen molar-refractivity contribution in [2.45, 2.75) is 0 Å². The molecule has 0 bridgehead atoms. The highest BCUT2D eigenvalue weighted by molar-refractivity contribution is 7.80. The van der Waals surface area contributed by atoms with Gasteiger partial charge in [-0.05, 0) is 36.5 Å². The molecule has 0 amide bonds. The highest BCUT2D eigenvalue weighted by atomic mass is 32.1. The average Bonchev–Trinajstić information content (AvgIpc) is 2.50. The molecule has 0 aliphatic rings. The van der Waals surface area contributed by atoms with E-state index in [1.54, 1.807) is 18.2 Å². The highest BCUT2D eigenvalue weighted by Crippen LogP contribution is 2.13. The first kappa shape index (κ1) is 15.3. The van der Waals surface area contributed by atoms with Crippen LogP contribution in [-0.2, 0) is 0 Å². The van der Waals surface area contributed by atoms with E-state index in [1.807, 2.05) is 42.3 Å². The molecule has 1 N–H and O–H groups in total. The van der Waals surface area contributed by atoms with Crippen LogP contribution >= 0.6 is 12.2 Å². The minimum Gasteiger partial charge on any atom is -0.492 e. The number of anilines is 1. The Bertz CT molecular complexity index is 592. The number of benzene rings is 2. The largest absolute Gasteiger partial charge is 0.492 e. The monoisotopic (exact) mass is 304 g/mol. The van der Waals surface area contributed by atoms with Crippen molar-refractivity contribution in [3.8, 4) is 5.75 Å². The van der Waals surface area contributed by atoms with Crippen LogP contribution in [-0.4, -0.2) is 30.2 Å². The zero-order chi connectivity index (χ0) is 15.1. The van der Waals surface area contributed by atoms with Crippen molar-refractivity contribution in [2.75, 3.05) is 25.5 Å². The summed E-state index contributed by atoms with van der Waals surface area (Å²) in [7, 11) is 1.84. The van der Waals surface area contributed by atoms with Crippen molar-refractivity contribution < 1.29 is 9.13 Å². The lowest BCUT2D eigenvalue weighted by Crippen LogP contribution is -2.34. The summed E-state index contributed by atoms with van der Waals surface area (Å²) < 4.78 is 19.1. The van der Waals surface area contributed by atoms with E-state index in [0.29, 0.717) is 24.0 Å². The van der Waals surface area contributed by atoms with Gasteiger partial charge in [0, 0.05) is 7.05 Å². The first-order valence-electron chi connectivity index (χ1n) is 6.61. The second-order valence-electron chi connectivity index (χ2n) is 4.49. The molecule has 0 unspecified atom stereocenters. The summed E-state index contributed by atoms with van der Waals surface area (Å²) in [5.41, 5.74) is 0.373. The molecule has 2 rings (SSSR count). The number of thiocarbonyl (C=S) groups is 1. The molecule has 0 heterocycles. The maximum Gasteiger partial charge on any atom is 0.173 e. The lowest BCUT2D eigenvalue weighted by atomic mass is 10.3. The normalized spacial score (nSPS) is 10.0. The minimum atomic E-state index is -0.325. The molecule has 0 spiro atoms. The molecule has 110 valence electrons. The fourth-order valence-corrected chi connectivity index (χ4v) is 1.89. The fourth-order valence-electron chi connectivity index (χ4n) is 1.69. The summed E-state index contributed by atoms with van der Waals surface area (Å²) in [6.07, 6.45) is 0. The fraction of sp³-hybridized carbons (Fsp3) is 0.188. The Morgan fingerprint density at radius 2 is 1.81 bits per heavy atom. The van der Waals surface area contributed by atoms with E-state index >= 15 is 0 Å². The van der Waals surface area contributed by atoms with Crippen molar-refractivity contribution in [1.29, 1.82) is 0 Å². The van der Waals surface area contributed by atoms with Crippen LogP contribution < -0.4 is 10.1 Å². The number of nitrogens with one attached hydrogen (secondary N) is 1. The molecule has 5 heteroatoms. The maximum atomic E-state index is 13.5. The standard InChI is InChI=1S/C16H17FN2OS/c1-19(11-12-20-13-7-3-2-4-8-13)16(21)18-15-10-6-5-9-14(15)17/h2-10H,11-12H2,1H3,(H,18,21). The van der Waals surface area contributed by atoms with E-state index < -0.39 is 0 Å². The molecule has 21 heavy (non-hydrogen) atoms. The Morgan fingerprint density at radius 1 is 1.14 bits per heavy atom. The summed E-state index contributed by atoms with van der Waals surface area (Å²) in [4.78, 5) is 1.81. The SMILES string of the molecule is CN(CCOc1ccccc1)C(=S)Nc1ccccc1F. The zero-order valence-corrected chi connectivity index (χ0v) is 12.6. The van der Waals surface area contributed by atoms with Crippen molar-refractivity contribution in [3.63, 3.8) is 0 Å². The van der Waals surface area contributed by atoms with Gasteiger partial charge in [0.2, 0.25) is 0 Å². The van der Waals surface area contributed by atoms with Crippen LogP contribution in [0.5, 0.6) is 5.75 Å². The van der Waals surface area contributed by atoms with Gasteiger partial charge in [0.25, 0.3) is 0 Å². The Labute approximate surface area is 129 Å². The van der Waals surface area contributed by atoms with Crippen LogP contribution in [0.25, 0.3) is 0 Å². The minimum absolute atomic E-state index is 0.325. The predicted octanol–water partition coefficient (Wildman–Crippen LogP) is 3.53. The van der Waals surface area contributed by atoms with Crippen molar-refractivity contribution >= 4 is 23.0 Å². The number of hydrogen-bond acceptors (Lipinski definition) is 2. The predicted molar refractivity (Wildman–Crippen MR) is 87.2 cm³/mol. The van der Waals surface area contributed by atoms with Crippen LogP contribution in [0.1, 0.15) is 0 Å². The Morgan fingerprint density at radius 3 is 2.52 bits per heavy atom. The third-order valence-corrected chi connectivity index (χ3v) is 3.31. The van der Waals surface area contributed by atoms with Crippen LogP contribution in [0.4, 0.5) is 10.1 Å². The van der Waals surface area contributed by atoms with Gasteiger partial charge in [0.15, 0.2) is 5.11 Å². The molecular weight excluding hydrogens is 287 g/mol. The average molecular weight is 304 g/mol. The van der Waals surface area contributed by atoms with Gasteiger partial charge in [-0.1, -0.05) is 30.3 Å². The topological polar surface area (TPSA) is 24.5 Å². The number of para-hydroxylation sites is 2. The molecule has 0 fully saturated rings. The van der Waals surface area contributed by atoms with Gasteiger partial charge in [-0.2, -0.15) is 0 Å². The van der Waals surface area contributed by atoms with Crippen LogP contribution in [0.3, 0.4) is 0 Å². The summed E-state index contributed by atoms with van der Waals surface area (Å²) in [5, 5.41) is 3.34. The smallest absolute Gasteiger partial charge is 0.173 e. The quantitative estimate of drug-likeness (QED) is 0.854. The van der Waals surface area contributed by atoms with E-state index in [4.69, 9.17) is 17.0 Å². The molecule has 0 atom stereocenters. The number of rotatable bonds is 5. The number of ether oxygens (including phenoxy) is 1.